The first-order chi connectivity index (χ1) is 15.6. The summed E-state index contributed by atoms with van der Waals surface area (Å²) in [6, 6.07) is 15.5. The second kappa shape index (κ2) is 9.69. The number of aromatic amines is 1. The fraction of sp³-hybridized carbons (Fsp3) is 0.217. The van der Waals surface area contributed by atoms with Crippen LogP contribution in [0.5, 0.6) is 0 Å². The van der Waals surface area contributed by atoms with Crippen LogP contribution in [0.3, 0.4) is 0 Å². The van der Waals surface area contributed by atoms with Gasteiger partial charge in [0.25, 0.3) is 0 Å². The minimum absolute atomic E-state index is 0.0391. The maximum atomic E-state index is 12.3. The zero-order valence-electron chi connectivity index (χ0n) is 17.9. The highest BCUT2D eigenvalue weighted by molar-refractivity contribution is 7.99. The number of amides is 3. The third-order valence-corrected chi connectivity index (χ3v) is 5.87. The van der Waals surface area contributed by atoms with Gasteiger partial charge in [0.05, 0.1) is 11.4 Å². The van der Waals surface area contributed by atoms with E-state index in [0.29, 0.717) is 17.5 Å². The highest BCUT2D eigenvalue weighted by Gasteiger charge is 2.21. The van der Waals surface area contributed by atoms with Crippen LogP contribution >= 0.6 is 11.8 Å². The molecule has 0 saturated carbocycles. The number of rotatable bonds is 7. The molecule has 32 heavy (non-hydrogen) atoms. The molecule has 0 unspecified atom stereocenters. The smallest absolute Gasteiger partial charge is 0.321 e. The van der Waals surface area contributed by atoms with Gasteiger partial charge in [-0.3, -0.25) is 14.7 Å². The Labute approximate surface area is 189 Å². The van der Waals surface area contributed by atoms with Crippen molar-refractivity contribution in [1.82, 2.24) is 30.4 Å². The molecule has 3 N–H and O–H groups in total. The lowest BCUT2D eigenvalue weighted by molar-refractivity contribution is -0.117. The number of aromatic nitrogens is 4. The predicted octanol–water partition coefficient (Wildman–Crippen LogP) is 4.05. The largest absolute Gasteiger partial charge is 0.360 e. The van der Waals surface area contributed by atoms with Crippen LogP contribution in [0.2, 0.25) is 0 Å². The second-order valence-electron chi connectivity index (χ2n) is 7.27. The van der Waals surface area contributed by atoms with Crippen molar-refractivity contribution in [2.24, 2.45) is 0 Å². The van der Waals surface area contributed by atoms with E-state index in [9.17, 15) is 9.59 Å². The van der Waals surface area contributed by atoms with Gasteiger partial charge in [0.1, 0.15) is 0 Å². The molecule has 4 rings (SSSR count). The zero-order chi connectivity index (χ0) is 22.5. The van der Waals surface area contributed by atoms with Crippen molar-refractivity contribution in [2.75, 3.05) is 12.3 Å². The fourth-order valence-corrected chi connectivity index (χ4v) is 4.15. The molecule has 164 valence electrons. The Morgan fingerprint density at radius 2 is 1.88 bits per heavy atom. The van der Waals surface area contributed by atoms with E-state index in [-0.39, 0.29) is 5.75 Å². The van der Waals surface area contributed by atoms with E-state index in [2.05, 4.69) is 25.8 Å². The van der Waals surface area contributed by atoms with Crippen LogP contribution in [0, 0.1) is 6.92 Å². The number of aryl methyl sites for hydroxylation is 1. The van der Waals surface area contributed by atoms with Gasteiger partial charge in [0.2, 0.25) is 5.91 Å². The van der Waals surface area contributed by atoms with Crippen molar-refractivity contribution in [3.05, 3.63) is 60.3 Å². The molecule has 9 heteroatoms. The minimum atomic E-state index is -0.489. The van der Waals surface area contributed by atoms with Gasteiger partial charge in [-0.2, -0.15) is 0 Å². The number of urea groups is 1. The average molecular weight is 449 g/mol. The van der Waals surface area contributed by atoms with E-state index in [1.165, 1.54) is 11.8 Å². The second-order valence-corrected chi connectivity index (χ2v) is 8.21. The molecular formula is C23H24N6O2S. The quantitative estimate of drug-likeness (QED) is 0.370. The summed E-state index contributed by atoms with van der Waals surface area (Å²) in [5.74, 6) is 0.328. The van der Waals surface area contributed by atoms with Gasteiger partial charge in [-0.15, -0.1) is 10.2 Å². The molecule has 0 aliphatic rings. The highest BCUT2D eigenvalue weighted by atomic mass is 32.2. The first kappa shape index (κ1) is 21.6. The lowest BCUT2D eigenvalue weighted by Gasteiger charge is -2.12. The van der Waals surface area contributed by atoms with Gasteiger partial charge in [0.15, 0.2) is 11.0 Å². The van der Waals surface area contributed by atoms with E-state index in [1.807, 2.05) is 73.1 Å². The molecule has 0 saturated heterocycles. The molecule has 0 atom stereocenters. The van der Waals surface area contributed by atoms with Gasteiger partial charge in [-0.05, 0) is 31.0 Å². The standard InChI is InChI=1S/C23H24N6O2S/c1-3-12-24-22(31)26-20(30)14-32-23-28-27-21(29(23)19-11-7-4-8-15(19)2)17-13-25-18-10-6-5-9-16(17)18/h4-11,13,25H,3,12,14H2,1-2H3,(H2,24,26,30,31). The van der Waals surface area contributed by atoms with Crippen molar-refractivity contribution in [2.45, 2.75) is 25.4 Å². The SMILES string of the molecule is CCCNC(=O)NC(=O)CSc1nnc(-c2c[nH]c3ccccc23)n1-c1ccccc1C. The number of benzene rings is 2. The van der Waals surface area contributed by atoms with Gasteiger partial charge >= 0.3 is 6.03 Å². The van der Waals surface area contributed by atoms with E-state index >= 15 is 0 Å². The Kier molecular flexibility index (Phi) is 6.55. The normalized spacial score (nSPS) is 10.9. The molecule has 2 heterocycles. The summed E-state index contributed by atoms with van der Waals surface area (Å²) in [4.78, 5) is 27.3. The predicted molar refractivity (Wildman–Crippen MR) is 126 cm³/mol. The van der Waals surface area contributed by atoms with Crippen LogP contribution in [0.1, 0.15) is 18.9 Å². The molecule has 0 radical (unpaired) electrons. The molecule has 2 aromatic carbocycles. The van der Waals surface area contributed by atoms with Gasteiger partial charge < -0.3 is 10.3 Å². The number of carbonyl (C=O) groups is 2. The van der Waals surface area contributed by atoms with Gasteiger partial charge in [-0.25, -0.2) is 4.79 Å². The van der Waals surface area contributed by atoms with E-state index in [4.69, 9.17) is 0 Å². The van der Waals surface area contributed by atoms with Crippen molar-refractivity contribution in [3.63, 3.8) is 0 Å². The van der Waals surface area contributed by atoms with Crippen molar-refractivity contribution in [3.8, 4) is 17.1 Å². The molecule has 0 aliphatic carbocycles. The molecule has 3 amide bonds. The number of para-hydroxylation sites is 2. The first-order valence-corrected chi connectivity index (χ1v) is 11.4. The molecule has 0 fully saturated rings. The van der Waals surface area contributed by atoms with Crippen LogP contribution in [0.15, 0.2) is 59.9 Å². The number of hydrogen-bond donors (Lipinski definition) is 3. The van der Waals surface area contributed by atoms with Crippen molar-refractivity contribution < 1.29 is 9.59 Å². The molecule has 0 aliphatic heterocycles. The van der Waals surface area contributed by atoms with E-state index in [1.54, 1.807) is 0 Å². The number of imide groups is 1. The molecular weight excluding hydrogens is 424 g/mol. The van der Waals surface area contributed by atoms with Crippen molar-refractivity contribution >= 4 is 34.6 Å². The third kappa shape index (κ3) is 4.52. The molecule has 0 bridgehead atoms. The number of thioether (sulfide) groups is 1. The molecule has 0 spiro atoms. The van der Waals surface area contributed by atoms with Crippen LogP contribution in [-0.2, 0) is 4.79 Å². The Balaban J connectivity index is 1.66. The fourth-order valence-electron chi connectivity index (χ4n) is 3.40. The Morgan fingerprint density at radius 3 is 2.69 bits per heavy atom. The monoisotopic (exact) mass is 448 g/mol. The highest BCUT2D eigenvalue weighted by Crippen LogP contribution is 2.33. The molecule has 2 aromatic heterocycles. The Bertz CT molecular complexity index is 1260. The lowest BCUT2D eigenvalue weighted by Crippen LogP contribution is -2.40. The number of carbonyl (C=O) groups excluding carboxylic acids is 2. The zero-order valence-corrected chi connectivity index (χ0v) is 18.7. The summed E-state index contributed by atoms with van der Waals surface area (Å²) in [5, 5.41) is 15.4. The summed E-state index contributed by atoms with van der Waals surface area (Å²) in [7, 11) is 0. The minimum Gasteiger partial charge on any atom is -0.360 e. The molecule has 4 aromatic rings. The number of nitrogens with one attached hydrogen (secondary N) is 3. The maximum Gasteiger partial charge on any atom is 0.321 e. The summed E-state index contributed by atoms with van der Waals surface area (Å²) < 4.78 is 1.96. The first-order valence-electron chi connectivity index (χ1n) is 10.4. The topological polar surface area (TPSA) is 105 Å². The number of H-pyrrole nitrogens is 1. The Morgan fingerprint density at radius 1 is 1.09 bits per heavy atom. The van der Waals surface area contributed by atoms with Crippen LogP contribution < -0.4 is 10.6 Å². The number of fused-ring (bicyclic) bond motifs is 1. The van der Waals surface area contributed by atoms with Crippen LogP contribution in [0.25, 0.3) is 28.0 Å². The summed E-state index contributed by atoms with van der Waals surface area (Å²) in [5.41, 5.74) is 3.92. The van der Waals surface area contributed by atoms with E-state index < -0.39 is 11.9 Å². The number of hydrogen-bond acceptors (Lipinski definition) is 5. The Hall–Kier alpha value is -3.59. The van der Waals surface area contributed by atoms with Gasteiger partial charge in [-0.1, -0.05) is 55.1 Å². The van der Waals surface area contributed by atoms with Crippen molar-refractivity contribution in [1.29, 1.82) is 0 Å². The maximum absolute atomic E-state index is 12.3. The van der Waals surface area contributed by atoms with Gasteiger partial charge in [0, 0.05) is 29.2 Å². The average Bonchev–Trinajstić information content (AvgIpc) is 3.40. The van der Waals surface area contributed by atoms with Crippen LogP contribution in [0.4, 0.5) is 4.79 Å². The third-order valence-electron chi connectivity index (χ3n) is 4.94. The summed E-state index contributed by atoms with van der Waals surface area (Å²) >= 11 is 1.24. The van der Waals surface area contributed by atoms with Crippen LogP contribution in [-0.4, -0.2) is 44.0 Å². The summed E-state index contributed by atoms with van der Waals surface area (Å²) in [6.07, 6.45) is 2.72. The van der Waals surface area contributed by atoms with E-state index in [0.717, 1.165) is 34.1 Å². The summed E-state index contributed by atoms with van der Waals surface area (Å²) in [6.45, 7) is 4.48. The lowest BCUT2D eigenvalue weighted by atomic mass is 10.1. The number of nitrogens with zero attached hydrogens (tertiary/aromatic N) is 3. The molecule has 8 nitrogen and oxygen atoms in total.